The Bertz CT molecular complexity index is 1870. The molecule has 11 nitrogen and oxygen atoms in total. The quantitative estimate of drug-likeness (QED) is 0.257. The zero-order chi connectivity index (χ0) is 29.2. The number of pyridine rings is 1. The number of carbonyl (C=O) groups excluding carboxylic acids is 2. The van der Waals surface area contributed by atoms with Crippen LogP contribution in [-0.4, -0.2) is 54.5 Å². The molecule has 6 rings (SSSR count). The first-order valence-electron chi connectivity index (χ1n) is 13.7. The molecule has 214 valence electrons. The van der Waals surface area contributed by atoms with Gasteiger partial charge in [0.05, 0.1) is 10.9 Å². The number of benzene rings is 2. The zero-order valence-electron chi connectivity index (χ0n) is 22.8. The lowest BCUT2D eigenvalue weighted by molar-refractivity contribution is -0.133. The van der Waals surface area contributed by atoms with Crippen molar-refractivity contribution in [2.75, 3.05) is 37.6 Å². The van der Waals surface area contributed by atoms with Crippen LogP contribution in [0.4, 0.5) is 5.82 Å². The lowest BCUT2D eigenvalue weighted by Crippen LogP contribution is -2.47. The molecule has 0 unspecified atom stereocenters. The molecular weight excluding hydrogens is 542 g/mol. The summed E-state index contributed by atoms with van der Waals surface area (Å²) >= 11 is 0. The maximum absolute atomic E-state index is 13.0. The number of rotatable bonds is 5. The van der Waals surface area contributed by atoms with Crippen molar-refractivity contribution in [3.63, 3.8) is 0 Å². The molecule has 1 saturated heterocycles. The number of piperazine rings is 1. The monoisotopic (exact) mass is 569 g/mol. The number of ether oxygens (including phenoxy) is 2. The van der Waals surface area contributed by atoms with Crippen LogP contribution in [0.1, 0.15) is 19.8 Å². The van der Waals surface area contributed by atoms with Gasteiger partial charge in [0.1, 0.15) is 0 Å². The van der Waals surface area contributed by atoms with Gasteiger partial charge >= 0.3 is 23.2 Å². The van der Waals surface area contributed by atoms with Crippen LogP contribution in [0, 0.1) is 0 Å². The highest BCUT2D eigenvalue weighted by molar-refractivity contribution is 6.15. The van der Waals surface area contributed by atoms with E-state index in [-0.39, 0.29) is 33.6 Å². The van der Waals surface area contributed by atoms with Crippen LogP contribution >= 0.6 is 0 Å². The highest BCUT2D eigenvalue weighted by Crippen LogP contribution is 2.45. The molecule has 0 aliphatic carbocycles. The van der Waals surface area contributed by atoms with Crippen molar-refractivity contribution in [2.45, 2.75) is 19.8 Å². The molecule has 0 spiro atoms. The summed E-state index contributed by atoms with van der Waals surface area (Å²) in [6, 6.07) is 12.4. The van der Waals surface area contributed by atoms with Gasteiger partial charge in [-0.2, -0.15) is 0 Å². The van der Waals surface area contributed by atoms with Crippen molar-refractivity contribution in [1.29, 1.82) is 0 Å². The fourth-order valence-corrected chi connectivity index (χ4v) is 5.17. The van der Waals surface area contributed by atoms with Crippen LogP contribution in [0.5, 0.6) is 11.5 Å². The predicted molar refractivity (Wildman–Crippen MR) is 155 cm³/mol. The second-order valence-corrected chi connectivity index (χ2v) is 9.97. The number of hydrogen-bond acceptors (Lipinski definition) is 11. The van der Waals surface area contributed by atoms with E-state index in [1.54, 1.807) is 0 Å². The normalized spacial score (nSPS) is 16.4. The Morgan fingerprint density at radius 3 is 2.17 bits per heavy atom. The van der Waals surface area contributed by atoms with E-state index in [4.69, 9.17) is 23.3 Å². The Morgan fingerprint density at radius 1 is 0.810 bits per heavy atom. The first-order chi connectivity index (χ1) is 20.4. The number of hydrogen-bond donors (Lipinski definition) is 0. The summed E-state index contributed by atoms with van der Waals surface area (Å²) in [5.74, 6) is -1.71. The van der Waals surface area contributed by atoms with Crippen molar-refractivity contribution >= 4 is 39.8 Å². The van der Waals surface area contributed by atoms with Crippen LogP contribution in [0.15, 0.2) is 79.1 Å². The van der Waals surface area contributed by atoms with Crippen molar-refractivity contribution in [2.24, 2.45) is 0 Å². The number of aromatic nitrogens is 1. The predicted octanol–water partition coefficient (Wildman–Crippen LogP) is 3.83. The summed E-state index contributed by atoms with van der Waals surface area (Å²) in [5, 5.41) is 0.241. The van der Waals surface area contributed by atoms with Crippen LogP contribution in [0.3, 0.4) is 0 Å². The van der Waals surface area contributed by atoms with E-state index in [2.05, 4.69) is 11.8 Å². The molecule has 4 aromatic rings. The van der Waals surface area contributed by atoms with E-state index < -0.39 is 23.2 Å². The van der Waals surface area contributed by atoms with Gasteiger partial charge in [-0.3, -0.25) is 4.90 Å². The van der Waals surface area contributed by atoms with Crippen molar-refractivity contribution in [3.8, 4) is 22.6 Å². The third kappa shape index (κ3) is 5.34. The van der Waals surface area contributed by atoms with Crippen LogP contribution in [-0.2, 0) is 9.59 Å². The van der Waals surface area contributed by atoms with Gasteiger partial charge in [0.15, 0.2) is 22.7 Å². The fourth-order valence-electron chi connectivity index (χ4n) is 5.17. The summed E-state index contributed by atoms with van der Waals surface area (Å²) in [6.07, 6.45) is 4.06. The fraction of sp³-hybridized carbons (Fsp3) is 0.258. The lowest BCUT2D eigenvalue weighted by atomic mass is 9.98. The van der Waals surface area contributed by atoms with Crippen LogP contribution in [0.25, 0.3) is 33.2 Å². The smallest absolute Gasteiger partial charge is 0.336 e. The molecule has 0 amide bonds. The van der Waals surface area contributed by atoms with Gasteiger partial charge in [0.25, 0.3) is 0 Å². The standard InChI is InChI=1S/C31H27N3O8/c1-2-3-13-33-14-16-34(17-15-33)31-30-26(19-7-5-4-6-8-19)27-20(32-31)18-21-28(40-23(36)10-9-22(35)39-21)29(27)41-24(37)11-12-25(38)42-30/h4-12,18H,2-3,13-17H2,1H3/b10-9-,12-11?. The van der Waals surface area contributed by atoms with E-state index in [9.17, 15) is 19.2 Å². The molecule has 1 fully saturated rings. The van der Waals surface area contributed by atoms with Crippen LogP contribution in [0.2, 0.25) is 0 Å². The Kier molecular flexibility index (Phi) is 7.41. The van der Waals surface area contributed by atoms with Crippen molar-refractivity contribution < 1.29 is 27.9 Å². The number of carbonyl (C=O) groups is 2. The molecule has 2 aromatic carbocycles. The molecule has 0 N–H and O–H groups in total. The Morgan fingerprint density at radius 2 is 1.48 bits per heavy atom. The van der Waals surface area contributed by atoms with Gasteiger partial charge in [-0.15, -0.1) is 0 Å². The maximum Gasteiger partial charge on any atom is 0.336 e. The Hall–Kier alpha value is -5.03. The number of unbranched alkanes of at least 4 members (excludes halogenated alkanes) is 1. The molecule has 42 heavy (non-hydrogen) atoms. The van der Waals surface area contributed by atoms with E-state index in [0.29, 0.717) is 30.0 Å². The average Bonchev–Trinajstić information content (AvgIpc) is 2.99. The first kappa shape index (κ1) is 27.2. The van der Waals surface area contributed by atoms with Crippen molar-refractivity contribution in [1.82, 2.24) is 9.88 Å². The summed E-state index contributed by atoms with van der Waals surface area (Å²) in [4.78, 5) is 60.0. The number of anilines is 1. The Labute approximate surface area is 239 Å². The van der Waals surface area contributed by atoms with Gasteiger partial charge < -0.3 is 23.2 Å². The molecule has 2 aromatic heterocycles. The summed E-state index contributed by atoms with van der Waals surface area (Å²) in [6.45, 7) is 5.99. The molecule has 0 saturated carbocycles. The molecule has 0 radical (unpaired) electrons. The highest BCUT2D eigenvalue weighted by Gasteiger charge is 2.29. The van der Waals surface area contributed by atoms with Crippen molar-refractivity contribution in [3.05, 3.63) is 81.5 Å². The summed E-state index contributed by atoms with van der Waals surface area (Å²) < 4.78 is 22.6. The van der Waals surface area contributed by atoms with E-state index in [1.165, 1.54) is 6.07 Å². The summed E-state index contributed by atoms with van der Waals surface area (Å²) in [7, 11) is 0. The molecule has 11 heteroatoms. The van der Waals surface area contributed by atoms with E-state index in [0.717, 1.165) is 56.8 Å². The third-order valence-electron chi connectivity index (χ3n) is 7.18. The first-order valence-corrected chi connectivity index (χ1v) is 13.7. The minimum atomic E-state index is -0.934. The second kappa shape index (κ2) is 11.5. The molecule has 2 aliphatic rings. The number of fused-ring (bicyclic) bond motifs is 3. The molecule has 2 aliphatic heterocycles. The van der Waals surface area contributed by atoms with Gasteiger partial charge in [-0.05, 0) is 18.5 Å². The molecule has 4 heterocycles. The second-order valence-electron chi connectivity index (χ2n) is 9.97. The largest absolute Gasteiger partial charge is 0.419 e. The minimum absolute atomic E-state index is 0.152. The molecular formula is C31H27N3O8. The SMILES string of the molecule is CCCCN1CCN(c2nc3cc4c(c5oc(=O)ccc(=O)oc2c(-c2ccccc2)c35)OC(=O)/C=C\C(=O)O4)CC1. The van der Waals surface area contributed by atoms with E-state index in [1.807, 2.05) is 35.2 Å². The topological polar surface area (TPSA) is 132 Å². The minimum Gasteiger partial charge on any atom is -0.419 e. The lowest BCUT2D eigenvalue weighted by Gasteiger charge is -2.35. The highest BCUT2D eigenvalue weighted by atomic mass is 16.6. The maximum atomic E-state index is 13.0. The molecule has 0 atom stereocenters. The summed E-state index contributed by atoms with van der Waals surface area (Å²) in [5.41, 5.74) is -0.445. The zero-order valence-corrected chi connectivity index (χ0v) is 22.8. The average molecular weight is 570 g/mol. The van der Waals surface area contributed by atoms with Gasteiger partial charge in [-0.1, -0.05) is 43.7 Å². The Balaban J connectivity index is 1.72. The van der Waals surface area contributed by atoms with Crippen LogP contribution < -0.4 is 25.6 Å². The number of nitrogens with zero attached hydrogens (tertiary/aromatic N) is 3. The number of esters is 2. The van der Waals surface area contributed by atoms with E-state index >= 15 is 0 Å². The third-order valence-corrected chi connectivity index (χ3v) is 7.18. The van der Waals surface area contributed by atoms with Gasteiger partial charge in [0.2, 0.25) is 5.75 Å². The van der Waals surface area contributed by atoms with Gasteiger partial charge in [0, 0.05) is 62.1 Å². The van der Waals surface area contributed by atoms with Gasteiger partial charge in [-0.25, -0.2) is 24.2 Å². The molecule has 2 bridgehead atoms.